The fraction of sp³-hybridized carbons (Fsp3) is 0.462. The molecule has 0 atom stereocenters. The Labute approximate surface area is 96.2 Å². The van der Waals surface area contributed by atoms with Crippen LogP contribution in [0.25, 0.3) is 0 Å². The molecule has 0 heterocycles. The van der Waals surface area contributed by atoms with Crippen LogP contribution in [-0.4, -0.2) is 19.5 Å². The molecular weight excluding hydrogens is 200 g/mol. The van der Waals surface area contributed by atoms with E-state index in [-0.39, 0.29) is 5.91 Å². The highest BCUT2D eigenvalue weighted by Crippen LogP contribution is 2.22. The number of likely N-dealkylation sites (N-methyl/N-ethyl adjacent to an activating group) is 1. The first-order valence-corrected chi connectivity index (χ1v) is 5.81. The first kappa shape index (κ1) is 11.1. The van der Waals surface area contributed by atoms with Gasteiger partial charge >= 0.3 is 0 Å². The minimum Gasteiger partial charge on any atom is -0.358 e. The van der Waals surface area contributed by atoms with Crippen LogP contribution in [0.1, 0.15) is 23.1 Å². The minimum atomic E-state index is 0.0289. The van der Waals surface area contributed by atoms with Crippen molar-refractivity contribution in [2.45, 2.75) is 25.8 Å². The topological polar surface area (TPSA) is 41.1 Å². The largest absolute Gasteiger partial charge is 0.358 e. The number of benzene rings is 1. The van der Waals surface area contributed by atoms with Crippen molar-refractivity contribution in [1.82, 2.24) is 10.6 Å². The lowest BCUT2D eigenvalue weighted by Gasteiger charge is -2.06. The summed E-state index contributed by atoms with van der Waals surface area (Å²) in [5.41, 5.74) is 4.25. The summed E-state index contributed by atoms with van der Waals surface area (Å²) in [7, 11) is 1.65. The molecule has 0 unspecified atom stereocenters. The predicted octanol–water partition coefficient (Wildman–Crippen LogP) is 1.01. The van der Waals surface area contributed by atoms with Crippen molar-refractivity contribution in [3.05, 3.63) is 34.9 Å². The number of amides is 1. The zero-order valence-electron chi connectivity index (χ0n) is 9.68. The van der Waals surface area contributed by atoms with Gasteiger partial charge in [0, 0.05) is 13.6 Å². The van der Waals surface area contributed by atoms with E-state index in [1.165, 1.54) is 36.0 Å². The van der Waals surface area contributed by atoms with Gasteiger partial charge in [0.1, 0.15) is 0 Å². The van der Waals surface area contributed by atoms with Gasteiger partial charge < -0.3 is 10.6 Å². The third kappa shape index (κ3) is 2.61. The van der Waals surface area contributed by atoms with Crippen LogP contribution in [-0.2, 0) is 24.2 Å². The molecule has 3 heteroatoms. The molecule has 1 aliphatic carbocycles. The normalized spacial score (nSPS) is 13.6. The van der Waals surface area contributed by atoms with E-state index < -0.39 is 0 Å². The average Bonchev–Trinajstić information content (AvgIpc) is 2.76. The molecule has 3 nitrogen and oxygen atoms in total. The third-order valence-corrected chi connectivity index (χ3v) is 3.06. The number of carbonyl (C=O) groups excluding carboxylic acids is 1. The van der Waals surface area contributed by atoms with Crippen molar-refractivity contribution in [2.75, 3.05) is 13.6 Å². The Hall–Kier alpha value is -1.35. The molecule has 0 saturated carbocycles. The van der Waals surface area contributed by atoms with Gasteiger partial charge in [-0.2, -0.15) is 0 Å². The highest BCUT2D eigenvalue weighted by atomic mass is 16.1. The number of hydrogen-bond acceptors (Lipinski definition) is 2. The molecule has 1 aliphatic rings. The molecule has 16 heavy (non-hydrogen) atoms. The molecule has 2 rings (SSSR count). The van der Waals surface area contributed by atoms with Crippen molar-refractivity contribution in [3.63, 3.8) is 0 Å². The summed E-state index contributed by atoms with van der Waals surface area (Å²) in [5.74, 6) is 0.0289. The van der Waals surface area contributed by atoms with Gasteiger partial charge in [-0.3, -0.25) is 4.79 Å². The van der Waals surface area contributed by atoms with Crippen molar-refractivity contribution in [1.29, 1.82) is 0 Å². The van der Waals surface area contributed by atoms with Crippen molar-refractivity contribution in [3.8, 4) is 0 Å². The monoisotopic (exact) mass is 218 g/mol. The fourth-order valence-corrected chi connectivity index (χ4v) is 2.14. The van der Waals surface area contributed by atoms with E-state index >= 15 is 0 Å². The van der Waals surface area contributed by atoms with Gasteiger partial charge in [0.15, 0.2) is 0 Å². The highest BCUT2D eigenvalue weighted by molar-refractivity contribution is 5.77. The van der Waals surface area contributed by atoms with Crippen LogP contribution >= 0.6 is 0 Å². The Morgan fingerprint density at radius 3 is 2.94 bits per heavy atom. The number of rotatable bonds is 4. The summed E-state index contributed by atoms with van der Waals surface area (Å²) in [6.45, 7) is 1.15. The van der Waals surface area contributed by atoms with Gasteiger partial charge in [-0.15, -0.1) is 0 Å². The summed E-state index contributed by atoms with van der Waals surface area (Å²) in [4.78, 5) is 11.0. The quantitative estimate of drug-likeness (QED) is 0.792. The standard InChI is InChI=1S/C13H18N2O/c1-14-13(16)9-15-8-10-5-6-11-3-2-4-12(11)7-10/h5-7,15H,2-4,8-9H2,1H3,(H,14,16). The summed E-state index contributed by atoms with van der Waals surface area (Å²) in [6.07, 6.45) is 3.71. The van der Waals surface area contributed by atoms with E-state index in [0.29, 0.717) is 6.54 Å². The Balaban J connectivity index is 1.88. The van der Waals surface area contributed by atoms with E-state index in [1.54, 1.807) is 7.05 Å². The van der Waals surface area contributed by atoms with E-state index in [4.69, 9.17) is 0 Å². The maximum Gasteiger partial charge on any atom is 0.233 e. The number of hydrogen-bond donors (Lipinski definition) is 2. The number of fused-ring (bicyclic) bond motifs is 1. The summed E-state index contributed by atoms with van der Waals surface area (Å²) in [5, 5.41) is 5.72. The molecule has 0 bridgehead atoms. The molecule has 2 N–H and O–H groups in total. The zero-order valence-corrected chi connectivity index (χ0v) is 9.68. The van der Waals surface area contributed by atoms with Crippen LogP contribution < -0.4 is 10.6 Å². The van der Waals surface area contributed by atoms with Crippen LogP contribution in [0.4, 0.5) is 0 Å². The SMILES string of the molecule is CNC(=O)CNCc1ccc2c(c1)CCC2. The number of carbonyl (C=O) groups is 1. The molecule has 0 saturated heterocycles. The summed E-state index contributed by atoms with van der Waals surface area (Å²) < 4.78 is 0. The molecule has 1 amide bonds. The summed E-state index contributed by atoms with van der Waals surface area (Å²) in [6, 6.07) is 6.64. The summed E-state index contributed by atoms with van der Waals surface area (Å²) >= 11 is 0. The third-order valence-electron chi connectivity index (χ3n) is 3.06. The molecule has 0 aliphatic heterocycles. The van der Waals surface area contributed by atoms with Gasteiger partial charge in [0.2, 0.25) is 5.91 Å². The lowest BCUT2D eigenvalue weighted by atomic mass is 10.1. The zero-order chi connectivity index (χ0) is 11.4. The average molecular weight is 218 g/mol. The van der Waals surface area contributed by atoms with Crippen molar-refractivity contribution in [2.24, 2.45) is 0 Å². The van der Waals surface area contributed by atoms with Gasteiger partial charge in [-0.25, -0.2) is 0 Å². The van der Waals surface area contributed by atoms with Gasteiger partial charge in [0.05, 0.1) is 6.54 Å². The first-order chi connectivity index (χ1) is 7.79. The molecule has 0 radical (unpaired) electrons. The van der Waals surface area contributed by atoms with E-state index in [9.17, 15) is 4.79 Å². The lowest BCUT2D eigenvalue weighted by molar-refractivity contribution is -0.119. The smallest absolute Gasteiger partial charge is 0.233 e. The Morgan fingerprint density at radius 1 is 1.31 bits per heavy atom. The van der Waals surface area contributed by atoms with E-state index in [0.717, 1.165) is 6.54 Å². The Kier molecular flexibility index (Phi) is 3.57. The van der Waals surface area contributed by atoms with Crippen molar-refractivity contribution >= 4 is 5.91 Å². The van der Waals surface area contributed by atoms with Crippen LogP contribution in [0.3, 0.4) is 0 Å². The Bertz CT molecular complexity index is 388. The molecule has 1 aromatic carbocycles. The van der Waals surface area contributed by atoms with Crippen LogP contribution in [0.15, 0.2) is 18.2 Å². The maximum atomic E-state index is 11.0. The first-order valence-electron chi connectivity index (χ1n) is 5.81. The second-order valence-corrected chi connectivity index (χ2v) is 4.23. The highest BCUT2D eigenvalue weighted by Gasteiger charge is 2.10. The Morgan fingerprint density at radius 2 is 2.12 bits per heavy atom. The fourth-order valence-electron chi connectivity index (χ4n) is 2.14. The number of aryl methyl sites for hydroxylation is 2. The van der Waals surface area contributed by atoms with Crippen molar-refractivity contribution < 1.29 is 4.79 Å². The van der Waals surface area contributed by atoms with Gasteiger partial charge in [-0.1, -0.05) is 18.2 Å². The molecular formula is C13H18N2O. The lowest BCUT2D eigenvalue weighted by Crippen LogP contribution is -2.30. The second-order valence-electron chi connectivity index (χ2n) is 4.23. The minimum absolute atomic E-state index is 0.0289. The van der Waals surface area contributed by atoms with Gasteiger partial charge in [0.25, 0.3) is 0 Å². The van der Waals surface area contributed by atoms with Crippen LogP contribution in [0.5, 0.6) is 0 Å². The van der Waals surface area contributed by atoms with Crippen LogP contribution in [0.2, 0.25) is 0 Å². The number of nitrogens with one attached hydrogen (secondary N) is 2. The molecule has 0 fully saturated rings. The molecule has 0 aromatic heterocycles. The maximum absolute atomic E-state index is 11.0. The van der Waals surface area contributed by atoms with Crippen LogP contribution in [0, 0.1) is 0 Å². The van der Waals surface area contributed by atoms with E-state index in [2.05, 4.69) is 28.8 Å². The molecule has 0 spiro atoms. The van der Waals surface area contributed by atoms with Gasteiger partial charge in [-0.05, 0) is 36.0 Å². The second kappa shape index (κ2) is 5.12. The molecule has 1 aromatic rings. The molecule has 86 valence electrons. The van der Waals surface area contributed by atoms with E-state index in [1.807, 2.05) is 0 Å². The predicted molar refractivity (Wildman–Crippen MR) is 64.2 cm³/mol.